The van der Waals surface area contributed by atoms with Gasteiger partial charge in [-0.15, -0.1) is 5.10 Å². The van der Waals surface area contributed by atoms with Gasteiger partial charge in [0.15, 0.2) is 5.82 Å². The van der Waals surface area contributed by atoms with Crippen LogP contribution in [0.2, 0.25) is 0 Å². The molecule has 3 rings (SSSR count). The van der Waals surface area contributed by atoms with Crippen LogP contribution in [0.25, 0.3) is 0 Å². The molecule has 0 unspecified atom stereocenters. The van der Waals surface area contributed by atoms with Gasteiger partial charge in [0.1, 0.15) is 0 Å². The SMILES string of the molecule is N#Cc1cccc(Cn2nnnc2C2CC2)c1. The fourth-order valence-electron chi connectivity index (χ4n) is 1.87. The molecule has 1 fully saturated rings. The molecule has 5 nitrogen and oxygen atoms in total. The summed E-state index contributed by atoms with van der Waals surface area (Å²) in [4.78, 5) is 0. The summed E-state index contributed by atoms with van der Waals surface area (Å²) in [6.45, 7) is 0.633. The summed E-state index contributed by atoms with van der Waals surface area (Å²) in [5, 5.41) is 20.6. The lowest BCUT2D eigenvalue weighted by atomic mass is 10.1. The molecule has 0 spiro atoms. The Balaban J connectivity index is 1.86. The third-order valence-corrected chi connectivity index (χ3v) is 2.89. The van der Waals surface area contributed by atoms with E-state index in [4.69, 9.17) is 5.26 Å². The Labute approximate surface area is 98.7 Å². The van der Waals surface area contributed by atoms with Crippen LogP contribution in [0, 0.1) is 11.3 Å². The van der Waals surface area contributed by atoms with E-state index in [9.17, 15) is 0 Å². The van der Waals surface area contributed by atoms with Gasteiger partial charge in [-0.2, -0.15) is 5.26 Å². The van der Waals surface area contributed by atoms with Crippen LogP contribution >= 0.6 is 0 Å². The molecule has 0 amide bonds. The van der Waals surface area contributed by atoms with Crippen LogP contribution in [-0.2, 0) is 6.54 Å². The van der Waals surface area contributed by atoms with Crippen molar-refractivity contribution in [2.45, 2.75) is 25.3 Å². The first kappa shape index (κ1) is 9.97. The third-order valence-electron chi connectivity index (χ3n) is 2.89. The molecule has 0 saturated heterocycles. The lowest BCUT2D eigenvalue weighted by Gasteiger charge is -2.03. The lowest BCUT2D eigenvalue weighted by molar-refractivity contribution is 0.619. The van der Waals surface area contributed by atoms with Gasteiger partial charge in [0.05, 0.1) is 18.2 Å². The van der Waals surface area contributed by atoms with E-state index in [1.165, 1.54) is 12.8 Å². The molecule has 1 aliphatic rings. The minimum absolute atomic E-state index is 0.532. The standard InChI is InChI=1S/C12H11N5/c13-7-9-2-1-3-10(6-9)8-17-12(11-4-5-11)14-15-16-17/h1-3,6,11H,4-5,8H2. The third kappa shape index (κ3) is 2.02. The fraction of sp³-hybridized carbons (Fsp3) is 0.333. The van der Waals surface area contributed by atoms with Crippen molar-refractivity contribution in [1.29, 1.82) is 5.26 Å². The first-order valence-electron chi connectivity index (χ1n) is 5.62. The van der Waals surface area contributed by atoms with Gasteiger partial charge in [-0.3, -0.25) is 0 Å². The van der Waals surface area contributed by atoms with Gasteiger partial charge >= 0.3 is 0 Å². The molecule has 1 aliphatic carbocycles. The highest BCUT2D eigenvalue weighted by Gasteiger charge is 2.29. The molecule has 1 heterocycles. The van der Waals surface area contributed by atoms with Crippen molar-refractivity contribution in [2.75, 3.05) is 0 Å². The van der Waals surface area contributed by atoms with Crippen molar-refractivity contribution in [3.63, 3.8) is 0 Å². The van der Waals surface area contributed by atoms with Gasteiger partial charge in [-0.05, 0) is 41.0 Å². The second-order valence-corrected chi connectivity index (χ2v) is 4.28. The Morgan fingerprint density at radius 2 is 2.29 bits per heavy atom. The van der Waals surface area contributed by atoms with Gasteiger partial charge in [0, 0.05) is 5.92 Å². The molecule has 1 aromatic carbocycles. The second-order valence-electron chi connectivity index (χ2n) is 4.28. The van der Waals surface area contributed by atoms with Crippen LogP contribution in [0.1, 0.15) is 35.7 Å². The molecule has 84 valence electrons. The van der Waals surface area contributed by atoms with Gasteiger partial charge in [0.2, 0.25) is 0 Å². The van der Waals surface area contributed by atoms with Crippen molar-refractivity contribution >= 4 is 0 Å². The van der Waals surface area contributed by atoms with E-state index in [0.717, 1.165) is 11.4 Å². The molecule has 1 saturated carbocycles. The summed E-state index contributed by atoms with van der Waals surface area (Å²) in [7, 11) is 0. The predicted molar refractivity (Wildman–Crippen MR) is 60.1 cm³/mol. The smallest absolute Gasteiger partial charge is 0.154 e. The van der Waals surface area contributed by atoms with E-state index in [-0.39, 0.29) is 0 Å². The molecule has 0 aliphatic heterocycles. The topological polar surface area (TPSA) is 67.4 Å². The zero-order valence-corrected chi connectivity index (χ0v) is 9.24. The first-order valence-corrected chi connectivity index (χ1v) is 5.62. The summed E-state index contributed by atoms with van der Waals surface area (Å²) >= 11 is 0. The Morgan fingerprint density at radius 1 is 1.41 bits per heavy atom. The van der Waals surface area contributed by atoms with E-state index in [1.54, 1.807) is 6.07 Å². The van der Waals surface area contributed by atoms with Crippen LogP contribution in [0.3, 0.4) is 0 Å². The maximum atomic E-state index is 8.84. The largest absolute Gasteiger partial charge is 0.225 e. The van der Waals surface area contributed by atoms with Crippen LogP contribution in [0.15, 0.2) is 24.3 Å². The monoisotopic (exact) mass is 225 g/mol. The van der Waals surface area contributed by atoms with Crippen LogP contribution < -0.4 is 0 Å². The Hall–Kier alpha value is -2.22. The number of tetrazole rings is 1. The summed E-state index contributed by atoms with van der Waals surface area (Å²) in [5.41, 5.74) is 1.72. The quantitative estimate of drug-likeness (QED) is 0.793. The normalized spacial score (nSPS) is 14.5. The zero-order chi connectivity index (χ0) is 11.7. The number of hydrogen-bond acceptors (Lipinski definition) is 4. The molecule has 0 N–H and O–H groups in total. The number of aromatic nitrogens is 4. The highest BCUT2D eigenvalue weighted by Crippen LogP contribution is 2.38. The van der Waals surface area contributed by atoms with Crippen molar-refractivity contribution in [3.05, 3.63) is 41.2 Å². The molecule has 17 heavy (non-hydrogen) atoms. The molecular formula is C12H11N5. The molecule has 5 heteroatoms. The van der Waals surface area contributed by atoms with Crippen molar-refractivity contribution in [1.82, 2.24) is 20.2 Å². The highest BCUT2D eigenvalue weighted by molar-refractivity contribution is 5.32. The molecule has 0 bridgehead atoms. The highest BCUT2D eigenvalue weighted by atomic mass is 15.5. The summed E-state index contributed by atoms with van der Waals surface area (Å²) in [6.07, 6.45) is 2.36. The van der Waals surface area contributed by atoms with E-state index in [2.05, 4.69) is 21.6 Å². The van der Waals surface area contributed by atoms with Crippen LogP contribution in [0.4, 0.5) is 0 Å². The molecular weight excluding hydrogens is 214 g/mol. The predicted octanol–water partition coefficient (Wildman–Crippen LogP) is 1.47. The minimum atomic E-state index is 0.532. The fourth-order valence-corrected chi connectivity index (χ4v) is 1.87. The van der Waals surface area contributed by atoms with E-state index in [0.29, 0.717) is 18.0 Å². The van der Waals surface area contributed by atoms with Gasteiger partial charge in [-0.1, -0.05) is 12.1 Å². The Bertz CT molecular complexity index is 577. The average molecular weight is 225 g/mol. The van der Waals surface area contributed by atoms with Gasteiger partial charge in [-0.25, -0.2) is 4.68 Å². The summed E-state index contributed by atoms with van der Waals surface area (Å²) in [6, 6.07) is 9.67. The Morgan fingerprint density at radius 3 is 3.06 bits per heavy atom. The van der Waals surface area contributed by atoms with E-state index >= 15 is 0 Å². The molecule has 0 radical (unpaired) electrons. The van der Waals surface area contributed by atoms with Crippen molar-refractivity contribution < 1.29 is 0 Å². The van der Waals surface area contributed by atoms with E-state index in [1.807, 2.05) is 22.9 Å². The van der Waals surface area contributed by atoms with Crippen molar-refractivity contribution in [3.8, 4) is 6.07 Å². The molecule has 1 aromatic heterocycles. The number of benzene rings is 1. The molecule has 2 aromatic rings. The van der Waals surface area contributed by atoms with Crippen LogP contribution in [-0.4, -0.2) is 20.2 Å². The minimum Gasteiger partial charge on any atom is -0.225 e. The first-order chi connectivity index (χ1) is 8.36. The number of hydrogen-bond donors (Lipinski definition) is 0. The maximum absolute atomic E-state index is 8.84. The zero-order valence-electron chi connectivity index (χ0n) is 9.24. The summed E-state index contributed by atoms with van der Waals surface area (Å²) < 4.78 is 1.83. The lowest BCUT2D eigenvalue weighted by Crippen LogP contribution is -2.06. The Kier molecular flexibility index (Phi) is 2.33. The second kappa shape index (κ2) is 3.98. The van der Waals surface area contributed by atoms with Gasteiger partial charge < -0.3 is 0 Å². The van der Waals surface area contributed by atoms with E-state index < -0.39 is 0 Å². The average Bonchev–Trinajstić information content (AvgIpc) is 3.11. The van der Waals surface area contributed by atoms with Crippen LogP contribution in [0.5, 0.6) is 0 Å². The maximum Gasteiger partial charge on any atom is 0.154 e. The number of nitrogens with zero attached hydrogens (tertiary/aromatic N) is 5. The van der Waals surface area contributed by atoms with Gasteiger partial charge in [0.25, 0.3) is 0 Å². The molecule has 0 atom stereocenters. The number of rotatable bonds is 3. The van der Waals surface area contributed by atoms with Crippen molar-refractivity contribution in [2.24, 2.45) is 0 Å². The summed E-state index contributed by atoms with van der Waals surface area (Å²) in [5.74, 6) is 1.50. The number of nitriles is 1.